The van der Waals surface area contributed by atoms with Crippen molar-refractivity contribution >= 4 is 23.4 Å². The molecule has 0 spiro atoms. The first kappa shape index (κ1) is 14.2. The van der Waals surface area contributed by atoms with Crippen LogP contribution in [0.3, 0.4) is 0 Å². The largest absolute Gasteiger partial charge is 0.381 e. The molecule has 1 aromatic rings. The molecular formula is C14H20ClNOS. The number of thioether (sulfide) groups is 1. The second-order valence-electron chi connectivity index (χ2n) is 4.58. The van der Waals surface area contributed by atoms with E-state index >= 15 is 0 Å². The van der Waals surface area contributed by atoms with E-state index in [0.29, 0.717) is 0 Å². The summed E-state index contributed by atoms with van der Waals surface area (Å²) in [5.41, 5.74) is 1.23. The van der Waals surface area contributed by atoms with E-state index in [1.165, 1.54) is 12.0 Å². The molecule has 1 aliphatic heterocycles. The summed E-state index contributed by atoms with van der Waals surface area (Å²) >= 11 is 8.03. The molecule has 0 bridgehead atoms. The molecule has 1 unspecified atom stereocenters. The van der Waals surface area contributed by atoms with Crippen molar-refractivity contribution in [2.45, 2.75) is 12.2 Å². The minimum absolute atomic E-state index is 0.721. The van der Waals surface area contributed by atoms with Gasteiger partial charge in [0.05, 0.1) is 6.61 Å². The monoisotopic (exact) mass is 285 g/mol. The highest BCUT2D eigenvalue weighted by Crippen LogP contribution is 2.20. The summed E-state index contributed by atoms with van der Waals surface area (Å²) in [5.74, 6) is 2.84. The van der Waals surface area contributed by atoms with Crippen molar-refractivity contribution in [1.82, 2.24) is 5.32 Å². The van der Waals surface area contributed by atoms with E-state index in [4.69, 9.17) is 16.3 Å². The number of nitrogens with one attached hydrogen (secondary N) is 1. The van der Waals surface area contributed by atoms with Gasteiger partial charge in [-0.25, -0.2) is 0 Å². The Morgan fingerprint density at radius 3 is 3.06 bits per heavy atom. The third-order valence-electron chi connectivity index (χ3n) is 3.10. The van der Waals surface area contributed by atoms with Crippen LogP contribution in [-0.4, -0.2) is 32.1 Å². The van der Waals surface area contributed by atoms with Crippen molar-refractivity contribution in [2.75, 3.05) is 32.1 Å². The zero-order chi connectivity index (χ0) is 12.6. The van der Waals surface area contributed by atoms with E-state index in [-0.39, 0.29) is 0 Å². The predicted molar refractivity (Wildman–Crippen MR) is 79.4 cm³/mol. The molecule has 0 aliphatic carbocycles. The van der Waals surface area contributed by atoms with Crippen LogP contribution in [0.25, 0.3) is 0 Å². The second-order valence-corrected chi connectivity index (χ2v) is 6.09. The molecule has 0 radical (unpaired) electrons. The lowest BCUT2D eigenvalue weighted by atomic mass is 10.1. The van der Waals surface area contributed by atoms with Gasteiger partial charge in [0.1, 0.15) is 0 Å². The van der Waals surface area contributed by atoms with E-state index in [0.717, 1.165) is 48.7 Å². The van der Waals surface area contributed by atoms with Crippen molar-refractivity contribution in [2.24, 2.45) is 5.92 Å². The van der Waals surface area contributed by atoms with Crippen LogP contribution in [-0.2, 0) is 10.5 Å². The van der Waals surface area contributed by atoms with Gasteiger partial charge in [-0.05, 0) is 24.0 Å². The number of benzene rings is 1. The van der Waals surface area contributed by atoms with Crippen molar-refractivity contribution in [3.05, 3.63) is 34.9 Å². The maximum Gasteiger partial charge on any atom is 0.0507 e. The maximum atomic E-state index is 6.11. The fourth-order valence-electron chi connectivity index (χ4n) is 1.99. The molecular weight excluding hydrogens is 266 g/mol. The van der Waals surface area contributed by atoms with Crippen molar-refractivity contribution in [3.8, 4) is 0 Å². The van der Waals surface area contributed by atoms with Gasteiger partial charge in [0.25, 0.3) is 0 Å². The molecule has 1 N–H and O–H groups in total. The van der Waals surface area contributed by atoms with Crippen LogP contribution in [0.5, 0.6) is 0 Å². The van der Waals surface area contributed by atoms with Crippen LogP contribution < -0.4 is 5.32 Å². The van der Waals surface area contributed by atoms with Gasteiger partial charge < -0.3 is 10.1 Å². The maximum absolute atomic E-state index is 6.11. The third-order valence-corrected chi connectivity index (χ3v) is 4.47. The Kier molecular flexibility index (Phi) is 6.35. The average Bonchev–Trinajstić information content (AvgIpc) is 2.89. The Labute approximate surface area is 118 Å². The van der Waals surface area contributed by atoms with E-state index in [9.17, 15) is 0 Å². The molecule has 1 fully saturated rings. The number of rotatable bonds is 7. The molecule has 2 rings (SSSR count). The lowest BCUT2D eigenvalue weighted by Gasteiger charge is -2.09. The molecule has 2 nitrogen and oxygen atoms in total. The van der Waals surface area contributed by atoms with Crippen LogP contribution in [0.1, 0.15) is 12.0 Å². The lowest BCUT2D eigenvalue weighted by molar-refractivity contribution is 0.185. The quantitative estimate of drug-likeness (QED) is 0.778. The number of halogens is 1. The minimum atomic E-state index is 0.721. The summed E-state index contributed by atoms with van der Waals surface area (Å²) in [4.78, 5) is 0. The number of ether oxygens (including phenoxy) is 1. The molecule has 1 aliphatic rings. The topological polar surface area (TPSA) is 21.3 Å². The summed E-state index contributed by atoms with van der Waals surface area (Å²) < 4.78 is 5.35. The first-order valence-electron chi connectivity index (χ1n) is 6.46. The van der Waals surface area contributed by atoms with Gasteiger partial charge in [-0.2, -0.15) is 11.8 Å². The predicted octanol–water partition coefficient (Wildman–Crippen LogP) is 3.20. The summed E-state index contributed by atoms with van der Waals surface area (Å²) in [6.45, 7) is 4.02. The highest BCUT2D eigenvalue weighted by molar-refractivity contribution is 7.98. The van der Waals surface area contributed by atoms with E-state index in [2.05, 4.69) is 11.4 Å². The highest BCUT2D eigenvalue weighted by Gasteiger charge is 2.14. The number of hydrogen-bond donors (Lipinski definition) is 1. The first-order valence-corrected chi connectivity index (χ1v) is 7.99. The standard InChI is InChI=1S/C14H20ClNOS/c15-14-4-2-1-3-13(14)11-18-8-6-16-9-12-5-7-17-10-12/h1-4,12,16H,5-11H2. The summed E-state index contributed by atoms with van der Waals surface area (Å²) in [5, 5.41) is 4.37. The summed E-state index contributed by atoms with van der Waals surface area (Å²) in [7, 11) is 0. The van der Waals surface area contributed by atoms with Gasteiger partial charge in [0, 0.05) is 36.2 Å². The highest BCUT2D eigenvalue weighted by atomic mass is 35.5. The summed E-state index contributed by atoms with van der Waals surface area (Å²) in [6, 6.07) is 8.07. The van der Waals surface area contributed by atoms with Gasteiger partial charge in [-0.1, -0.05) is 29.8 Å². The molecule has 1 heterocycles. The van der Waals surface area contributed by atoms with Crippen LogP contribution >= 0.6 is 23.4 Å². The molecule has 4 heteroatoms. The van der Waals surface area contributed by atoms with Gasteiger partial charge in [-0.15, -0.1) is 0 Å². The SMILES string of the molecule is Clc1ccccc1CSCCNCC1CCOC1. The molecule has 0 aromatic heterocycles. The fraction of sp³-hybridized carbons (Fsp3) is 0.571. The van der Waals surface area contributed by atoms with Crippen LogP contribution in [0.4, 0.5) is 0 Å². The van der Waals surface area contributed by atoms with Crippen molar-refractivity contribution < 1.29 is 4.74 Å². The van der Waals surface area contributed by atoms with Crippen LogP contribution in [0, 0.1) is 5.92 Å². The zero-order valence-corrected chi connectivity index (χ0v) is 12.1. The Hall–Kier alpha value is -0.220. The minimum Gasteiger partial charge on any atom is -0.381 e. The zero-order valence-electron chi connectivity index (χ0n) is 10.5. The smallest absolute Gasteiger partial charge is 0.0507 e. The van der Waals surface area contributed by atoms with E-state index < -0.39 is 0 Å². The first-order chi connectivity index (χ1) is 8.86. The Balaban J connectivity index is 1.52. The van der Waals surface area contributed by atoms with Crippen LogP contribution in [0.15, 0.2) is 24.3 Å². The van der Waals surface area contributed by atoms with E-state index in [1.54, 1.807) is 0 Å². The molecule has 1 atom stereocenters. The fourth-order valence-corrected chi connectivity index (χ4v) is 3.18. The molecule has 0 saturated carbocycles. The van der Waals surface area contributed by atoms with Crippen LogP contribution in [0.2, 0.25) is 5.02 Å². The second kappa shape index (κ2) is 8.05. The molecule has 18 heavy (non-hydrogen) atoms. The van der Waals surface area contributed by atoms with Gasteiger partial charge in [0.2, 0.25) is 0 Å². The summed E-state index contributed by atoms with van der Waals surface area (Å²) in [6.07, 6.45) is 1.21. The van der Waals surface area contributed by atoms with Crippen molar-refractivity contribution in [1.29, 1.82) is 0 Å². The third kappa shape index (κ3) is 4.81. The molecule has 1 saturated heterocycles. The Morgan fingerprint density at radius 2 is 2.28 bits per heavy atom. The Bertz CT molecular complexity index is 355. The normalized spacial score (nSPS) is 19.3. The van der Waals surface area contributed by atoms with Gasteiger partial charge in [0.15, 0.2) is 0 Å². The Morgan fingerprint density at radius 1 is 1.39 bits per heavy atom. The molecule has 100 valence electrons. The number of hydrogen-bond acceptors (Lipinski definition) is 3. The van der Waals surface area contributed by atoms with Crippen molar-refractivity contribution in [3.63, 3.8) is 0 Å². The average molecular weight is 286 g/mol. The molecule has 1 aromatic carbocycles. The lowest BCUT2D eigenvalue weighted by Crippen LogP contribution is -2.25. The molecule has 0 amide bonds. The van der Waals surface area contributed by atoms with E-state index in [1.807, 2.05) is 30.0 Å². The van der Waals surface area contributed by atoms with Gasteiger partial charge in [-0.3, -0.25) is 0 Å². The van der Waals surface area contributed by atoms with Gasteiger partial charge >= 0.3 is 0 Å².